The number of nitrogens with one attached hydrogen (secondary N) is 1. The van der Waals surface area contributed by atoms with E-state index in [1.807, 2.05) is 20.0 Å². The van der Waals surface area contributed by atoms with E-state index in [2.05, 4.69) is 17.3 Å². The third-order valence-corrected chi connectivity index (χ3v) is 2.22. The highest BCUT2D eigenvalue weighted by Gasteiger charge is 2.12. The van der Waals surface area contributed by atoms with Gasteiger partial charge in [0.05, 0.1) is 0 Å². The van der Waals surface area contributed by atoms with Crippen LogP contribution in [-0.4, -0.2) is 31.1 Å². The Bertz CT molecular complexity index is 151. The van der Waals surface area contributed by atoms with Crippen LogP contribution in [0.2, 0.25) is 0 Å². The molecule has 1 saturated heterocycles. The molecule has 0 radical (unpaired) electrons. The first kappa shape index (κ1) is 12.2. The number of nitriles is 1. The van der Waals surface area contributed by atoms with Gasteiger partial charge in [-0.15, -0.1) is 0 Å². The van der Waals surface area contributed by atoms with Gasteiger partial charge in [0.2, 0.25) is 0 Å². The molecule has 3 nitrogen and oxygen atoms in total. The van der Waals surface area contributed by atoms with Crippen LogP contribution in [0.1, 0.15) is 33.1 Å². The standard InChI is InChI=1S/C8H15N3.C2H6/c1-11-5-2-3-8(4-6-11)10-7-9;1-2/h8,10H,2-6H2,1H3;1-2H3. The maximum absolute atomic E-state index is 8.40. The summed E-state index contributed by atoms with van der Waals surface area (Å²) in [5.74, 6) is 0. The van der Waals surface area contributed by atoms with E-state index < -0.39 is 0 Å². The minimum atomic E-state index is 0.421. The Morgan fingerprint density at radius 2 is 2.00 bits per heavy atom. The predicted octanol–water partition coefficient (Wildman–Crippen LogP) is 1.57. The van der Waals surface area contributed by atoms with Crippen LogP contribution in [0.4, 0.5) is 0 Å². The summed E-state index contributed by atoms with van der Waals surface area (Å²) in [7, 11) is 2.13. The average Bonchev–Trinajstić information content (AvgIpc) is 2.36. The lowest BCUT2D eigenvalue weighted by Crippen LogP contribution is -2.26. The zero-order chi connectivity index (χ0) is 10.1. The van der Waals surface area contributed by atoms with Crippen molar-refractivity contribution in [2.75, 3.05) is 20.1 Å². The minimum absolute atomic E-state index is 0.421. The summed E-state index contributed by atoms with van der Waals surface area (Å²) in [6.07, 6.45) is 5.45. The molecule has 1 unspecified atom stereocenters. The zero-order valence-corrected chi connectivity index (χ0v) is 9.01. The molecule has 0 aromatic heterocycles. The van der Waals surface area contributed by atoms with E-state index in [9.17, 15) is 0 Å². The Labute approximate surface area is 81.7 Å². The smallest absolute Gasteiger partial charge is 0.176 e. The van der Waals surface area contributed by atoms with Crippen molar-refractivity contribution >= 4 is 0 Å². The molecular formula is C10H21N3. The highest BCUT2D eigenvalue weighted by molar-refractivity contribution is 4.79. The second-order valence-corrected chi connectivity index (χ2v) is 3.19. The second kappa shape index (κ2) is 7.88. The highest BCUT2D eigenvalue weighted by atomic mass is 15.1. The van der Waals surface area contributed by atoms with Gasteiger partial charge < -0.3 is 10.2 Å². The summed E-state index contributed by atoms with van der Waals surface area (Å²) >= 11 is 0. The molecule has 1 atom stereocenters. The summed E-state index contributed by atoms with van der Waals surface area (Å²) in [4.78, 5) is 2.32. The zero-order valence-electron chi connectivity index (χ0n) is 9.01. The second-order valence-electron chi connectivity index (χ2n) is 3.19. The monoisotopic (exact) mass is 183 g/mol. The summed E-state index contributed by atoms with van der Waals surface area (Å²) in [5.41, 5.74) is 0. The molecule has 1 heterocycles. The van der Waals surface area contributed by atoms with Gasteiger partial charge in [-0.3, -0.25) is 0 Å². The van der Waals surface area contributed by atoms with E-state index in [0.717, 1.165) is 19.4 Å². The molecule has 1 fully saturated rings. The van der Waals surface area contributed by atoms with Crippen molar-refractivity contribution in [3.8, 4) is 6.19 Å². The van der Waals surface area contributed by atoms with E-state index in [-0.39, 0.29) is 0 Å². The van der Waals surface area contributed by atoms with Gasteiger partial charge in [-0.05, 0) is 39.4 Å². The lowest BCUT2D eigenvalue weighted by Gasteiger charge is -2.12. The van der Waals surface area contributed by atoms with Crippen LogP contribution in [0.5, 0.6) is 0 Å². The molecule has 1 aliphatic heterocycles. The Morgan fingerprint density at radius 1 is 1.31 bits per heavy atom. The van der Waals surface area contributed by atoms with Gasteiger partial charge in [0, 0.05) is 6.04 Å². The number of likely N-dealkylation sites (tertiary alicyclic amines) is 1. The van der Waals surface area contributed by atoms with Crippen LogP contribution in [0.3, 0.4) is 0 Å². The van der Waals surface area contributed by atoms with E-state index in [1.165, 1.54) is 13.0 Å². The number of nitrogens with zero attached hydrogens (tertiary/aromatic N) is 2. The van der Waals surface area contributed by atoms with Gasteiger partial charge >= 0.3 is 0 Å². The SMILES string of the molecule is CC.CN1CCCC(NC#N)CC1. The Hall–Kier alpha value is -0.750. The molecule has 0 aromatic carbocycles. The third kappa shape index (κ3) is 5.48. The fourth-order valence-corrected chi connectivity index (χ4v) is 1.48. The quantitative estimate of drug-likeness (QED) is 0.495. The van der Waals surface area contributed by atoms with Crippen molar-refractivity contribution in [2.24, 2.45) is 0 Å². The topological polar surface area (TPSA) is 39.1 Å². The molecule has 0 amide bonds. The highest BCUT2D eigenvalue weighted by Crippen LogP contribution is 2.08. The van der Waals surface area contributed by atoms with Crippen LogP contribution < -0.4 is 5.32 Å². The summed E-state index contributed by atoms with van der Waals surface area (Å²) in [6, 6.07) is 0.421. The molecule has 1 aliphatic rings. The van der Waals surface area contributed by atoms with Gasteiger partial charge in [0.15, 0.2) is 6.19 Å². The summed E-state index contributed by atoms with van der Waals surface area (Å²) < 4.78 is 0. The van der Waals surface area contributed by atoms with Crippen molar-refractivity contribution in [3.05, 3.63) is 0 Å². The largest absolute Gasteiger partial charge is 0.321 e. The average molecular weight is 183 g/mol. The molecule has 0 saturated carbocycles. The first-order chi connectivity index (χ1) is 6.33. The van der Waals surface area contributed by atoms with E-state index in [1.54, 1.807) is 0 Å². The van der Waals surface area contributed by atoms with Gasteiger partial charge in [0.25, 0.3) is 0 Å². The molecule has 13 heavy (non-hydrogen) atoms. The molecule has 0 spiro atoms. The van der Waals surface area contributed by atoms with Crippen LogP contribution in [0.25, 0.3) is 0 Å². The van der Waals surface area contributed by atoms with Crippen LogP contribution in [0, 0.1) is 11.5 Å². The van der Waals surface area contributed by atoms with Crippen LogP contribution in [-0.2, 0) is 0 Å². The fraction of sp³-hybridized carbons (Fsp3) is 0.900. The van der Waals surface area contributed by atoms with Crippen molar-refractivity contribution in [2.45, 2.75) is 39.2 Å². The fourth-order valence-electron chi connectivity index (χ4n) is 1.48. The maximum atomic E-state index is 8.40. The summed E-state index contributed by atoms with van der Waals surface area (Å²) in [5, 5.41) is 11.2. The number of hydrogen-bond acceptors (Lipinski definition) is 3. The van der Waals surface area contributed by atoms with Gasteiger partial charge in [-0.1, -0.05) is 13.8 Å². The molecule has 0 aromatic rings. The maximum Gasteiger partial charge on any atom is 0.176 e. The van der Waals surface area contributed by atoms with Crippen molar-refractivity contribution in [1.82, 2.24) is 10.2 Å². The molecule has 1 N–H and O–H groups in total. The van der Waals surface area contributed by atoms with Crippen molar-refractivity contribution in [3.63, 3.8) is 0 Å². The molecule has 1 rings (SSSR count). The molecule has 3 heteroatoms. The van der Waals surface area contributed by atoms with Gasteiger partial charge in [-0.25, -0.2) is 0 Å². The van der Waals surface area contributed by atoms with Crippen LogP contribution in [0.15, 0.2) is 0 Å². The first-order valence-electron chi connectivity index (χ1n) is 5.16. The Balaban J connectivity index is 0.000000671. The minimum Gasteiger partial charge on any atom is -0.321 e. The third-order valence-electron chi connectivity index (χ3n) is 2.22. The van der Waals surface area contributed by atoms with E-state index >= 15 is 0 Å². The predicted molar refractivity (Wildman–Crippen MR) is 55.2 cm³/mol. The number of hydrogen-bond donors (Lipinski definition) is 1. The first-order valence-corrected chi connectivity index (χ1v) is 5.16. The molecule has 0 bridgehead atoms. The normalized spacial score (nSPS) is 23.4. The van der Waals surface area contributed by atoms with Crippen molar-refractivity contribution < 1.29 is 0 Å². The lowest BCUT2D eigenvalue weighted by atomic mass is 10.1. The Morgan fingerprint density at radius 3 is 2.62 bits per heavy atom. The van der Waals surface area contributed by atoms with Gasteiger partial charge in [-0.2, -0.15) is 5.26 Å². The summed E-state index contributed by atoms with van der Waals surface area (Å²) in [6.45, 7) is 6.28. The Kier molecular flexibility index (Phi) is 7.42. The van der Waals surface area contributed by atoms with Gasteiger partial charge in [0.1, 0.15) is 0 Å². The van der Waals surface area contributed by atoms with Crippen LogP contribution >= 0.6 is 0 Å². The lowest BCUT2D eigenvalue weighted by molar-refractivity contribution is 0.346. The molecule has 76 valence electrons. The van der Waals surface area contributed by atoms with E-state index in [4.69, 9.17) is 5.26 Å². The van der Waals surface area contributed by atoms with Crippen molar-refractivity contribution in [1.29, 1.82) is 5.26 Å². The molecule has 0 aliphatic carbocycles. The molecular weight excluding hydrogens is 162 g/mol. The van der Waals surface area contributed by atoms with E-state index in [0.29, 0.717) is 6.04 Å². The number of rotatable bonds is 1.